The van der Waals surface area contributed by atoms with Crippen molar-refractivity contribution in [2.45, 2.75) is 180 Å². The summed E-state index contributed by atoms with van der Waals surface area (Å²) in [6, 6.07) is -1.53. The summed E-state index contributed by atoms with van der Waals surface area (Å²) in [5, 5.41) is 8.89. The van der Waals surface area contributed by atoms with Crippen LogP contribution in [-0.4, -0.2) is 59.9 Å². The number of phosphoric ester groups is 1. The third-order valence-corrected chi connectivity index (χ3v) is 9.90. The van der Waals surface area contributed by atoms with Crippen LogP contribution in [-0.2, 0) is 37.5 Å². The summed E-state index contributed by atoms with van der Waals surface area (Å²) in [5.41, 5.74) is 5.33. The van der Waals surface area contributed by atoms with Gasteiger partial charge in [0.2, 0.25) is 0 Å². The van der Waals surface area contributed by atoms with E-state index < -0.39 is 51.1 Å². The fraction of sp³-hybridized carbons (Fsp3) is 0.674. The number of aliphatic carboxylic acids is 1. The van der Waals surface area contributed by atoms with Gasteiger partial charge in [-0.3, -0.25) is 23.4 Å². The maximum atomic E-state index is 12.6. The van der Waals surface area contributed by atoms with Gasteiger partial charge in [-0.25, -0.2) is 4.57 Å². The van der Waals surface area contributed by atoms with Crippen LogP contribution in [0.3, 0.4) is 0 Å². The van der Waals surface area contributed by atoms with Gasteiger partial charge in [0.25, 0.3) is 0 Å². The molecule has 0 amide bonds. The molecule has 0 aromatic carbocycles. The van der Waals surface area contributed by atoms with E-state index >= 15 is 0 Å². The summed E-state index contributed by atoms with van der Waals surface area (Å²) in [6.07, 6.45) is 48.4. The third-order valence-electron chi connectivity index (χ3n) is 8.95. The van der Waals surface area contributed by atoms with E-state index in [1.165, 1.54) is 64.2 Å². The van der Waals surface area contributed by atoms with Crippen molar-refractivity contribution < 1.29 is 47.5 Å². The van der Waals surface area contributed by atoms with Crippen LogP contribution in [0.15, 0.2) is 72.9 Å². The summed E-state index contributed by atoms with van der Waals surface area (Å²) >= 11 is 0. The minimum Gasteiger partial charge on any atom is -0.480 e. The number of esters is 2. The Morgan fingerprint density at radius 2 is 1.00 bits per heavy atom. The maximum Gasteiger partial charge on any atom is 0.472 e. The number of allylic oxidation sites excluding steroid dienone is 12. The van der Waals surface area contributed by atoms with Crippen LogP contribution in [0.4, 0.5) is 0 Å². The van der Waals surface area contributed by atoms with E-state index in [0.29, 0.717) is 12.8 Å². The van der Waals surface area contributed by atoms with E-state index in [4.69, 9.17) is 24.8 Å². The Morgan fingerprint density at radius 3 is 1.53 bits per heavy atom. The van der Waals surface area contributed by atoms with Crippen molar-refractivity contribution in [2.24, 2.45) is 5.73 Å². The van der Waals surface area contributed by atoms with Crippen LogP contribution in [0, 0.1) is 0 Å². The number of nitrogens with two attached hydrogens (primary N) is 1. The number of hydrogen-bond acceptors (Lipinski definition) is 9. The number of unbranched alkanes of at least 4 members (excludes halogenated alkanes) is 14. The number of rotatable bonds is 40. The van der Waals surface area contributed by atoms with E-state index in [0.717, 1.165) is 64.2 Å². The van der Waals surface area contributed by atoms with Gasteiger partial charge in [-0.05, 0) is 70.6 Å². The Morgan fingerprint density at radius 1 is 0.552 bits per heavy atom. The predicted octanol–water partition coefficient (Wildman–Crippen LogP) is 11.7. The normalized spacial score (nSPS) is 14.4. The van der Waals surface area contributed by atoms with E-state index in [9.17, 15) is 23.8 Å². The highest BCUT2D eigenvalue weighted by Gasteiger charge is 2.28. The summed E-state index contributed by atoms with van der Waals surface area (Å²) in [4.78, 5) is 45.9. The van der Waals surface area contributed by atoms with Crippen LogP contribution in [0.1, 0.15) is 168 Å². The van der Waals surface area contributed by atoms with Gasteiger partial charge in [-0.2, -0.15) is 0 Å². The third kappa shape index (κ3) is 39.7. The Balaban J connectivity index is 4.48. The fourth-order valence-corrected chi connectivity index (χ4v) is 6.30. The van der Waals surface area contributed by atoms with E-state index in [1.54, 1.807) is 0 Å². The Bertz CT molecular complexity index is 1260. The molecule has 4 N–H and O–H groups in total. The first-order valence-corrected chi connectivity index (χ1v) is 23.5. The minimum atomic E-state index is -4.74. The van der Waals surface area contributed by atoms with Crippen LogP contribution < -0.4 is 5.73 Å². The zero-order valence-corrected chi connectivity index (χ0v) is 36.8. The van der Waals surface area contributed by atoms with Crippen LogP contribution >= 0.6 is 7.82 Å². The number of phosphoric acid groups is 1. The van der Waals surface area contributed by atoms with Gasteiger partial charge < -0.3 is 25.2 Å². The molecule has 12 heteroatoms. The molecule has 0 spiro atoms. The van der Waals surface area contributed by atoms with Gasteiger partial charge in [0.15, 0.2) is 6.10 Å². The van der Waals surface area contributed by atoms with Gasteiger partial charge in [-0.15, -0.1) is 0 Å². The molecule has 0 aromatic rings. The van der Waals surface area contributed by atoms with Crippen molar-refractivity contribution in [3.63, 3.8) is 0 Å². The molecule has 3 atom stereocenters. The average molecular weight is 836 g/mol. The number of ether oxygens (including phenoxy) is 2. The predicted molar refractivity (Wildman–Crippen MR) is 235 cm³/mol. The average Bonchev–Trinajstić information content (AvgIpc) is 3.20. The monoisotopic (exact) mass is 836 g/mol. The minimum absolute atomic E-state index is 0.112. The van der Waals surface area contributed by atoms with Gasteiger partial charge in [-0.1, -0.05) is 157 Å². The molecule has 332 valence electrons. The van der Waals surface area contributed by atoms with Crippen molar-refractivity contribution in [3.8, 4) is 0 Å². The van der Waals surface area contributed by atoms with Crippen molar-refractivity contribution in [3.05, 3.63) is 72.9 Å². The molecule has 0 saturated carbocycles. The van der Waals surface area contributed by atoms with E-state index in [2.05, 4.69) is 85.2 Å². The van der Waals surface area contributed by atoms with E-state index in [1.807, 2.05) is 6.08 Å². The molecular weight excluding hydrogens is 757 g/mol. The zero-order chi connectivity index (χ0) is 42.8. The summed E-state index contributed by atoms with van der Waals surface area (Å²) in [5.74, 6) is -2.49. The Kier molecular flexibility index (Phi) is 38.5. The summed E-state index contributed by atoms with van der Waals surface area (Å²) < 4.78 is 32.6. The highest BCUT2D eigenvalue weighted by Crippen LogP contribution is 2.43. The van der Waals surface area contributed by atoms with Gasteiger partial charge >= 0.3 is 25.7 Å². The number of hydrogen-bond donors (Lipinski definition) is 3. The standard InChI is InChI=1S/C46H78NO10P/c1-3-5-7-9-11-13-15-17-19-20-21-22-24-26-28-30-32-34-36-38-45(49)57-42(40-55-58(52,53)56-41-43(47)46(50)51)39-54-44(48)37-35-33-31-29-27-25-23-18-16-14-12-10-8-6-4-2/h5,7,11,13,17,19,21-22,26,28,31,33,42-43H,3-4,6,8-10,12,14-16,18,20,23-25,27,29-30,32,34-41,47H2,1-2H3,(H,50,51)(H,52,53)/b7-5+,13-11+,19-17+,22-21+,28-26+,33-31+/t42-,43+/m1/s1. The molecule has 1 unspecified atom stereocenters. The SMILES string of the molecule is CC/C=C/C/C=C/C/C=C/C/C=C/C/C=C/CCCCCC(=O)O[C@H](COC(=O)CC/C=C/CCCCCCCCCCCCC)COP(=O)(O)OC[C@H](N)C(=O)O. The highest BCUT2D eigenvalue weighted by atomic mass is 31.2. The zero-order valence-electron chi connectivity index (χ0n) is 35.9. The molecule has 0 aromatic heterocycles. The van der Waals surface area contributed by atoms with Gasteiger partial charge in [0.1, 0.15) is 12.6 Å². The quantitative estimate of drug-likeness (QED) is 0.0232. The maximum absolute atomic E-state index is 12.6. The Hall–Kier alpha value is -3.08. The largest absolute Gasteiger partial charge is 0.480 e. The number of carboxylic acids is 1. The molecule has 0 heterocycles. The molecule has 0 aliphatic carbocycles. The van der Waals surface area contributed by atoms with Gasteiger partial charge in [0.05, 0.1) is 13.2 Å². The summed E-state index contributed by atoms with van der Waals surface area (Å²) in [7, 11) is -4.74. The van der Waals surface area contributed by atoms with E-state index in [-0.39, 0.29) is 19.4 Å². The van der Waals surface area contributed by atoms with Crippen LogP contribution in [0.5, 0.6) is 0 Å². The van der Waals surface area contributed by atoms with Crippen LogP contribution in [0.2, 0.25) is 0 Å². The van der Waals surface area contributed by atoms with Gasteiger partial charge in [0, 0.05) is 12.8 Å². The number of carbonyl (C=O) groups is 3. The topological polar surface area (TPSA) is 172 Å². The second kappa shape index (κ2) is 40.7. The second-order valence-electron chi connectivity index (χ2n) is 14.4. The lowest BCUT2D eigenvalue weighted by molar-refractivity contribution is -0.161. The van der Waals surface area contributed by atoms with Crippen molar-refractivity contribution in [1.82, 2.24) is 0 Å². The lowest BCUT2D eigenvalue weighted by Crippen LogP contribution is -2.34. The first kappa shape index (κ1) is 54.9. The Labute approximate surface area is 350 Å². The number of carboxylic acid groups (broad SMARTS) is 1. The second-order valence-corrected chi connectivity index (χ2v) is 15.9. The number of carbonyl (C=O) groups excluding carboxylic acids is 2. The first-order chi connectivity index (χ1) is 28.1. The lowest BCUT2D eigenvalue weighted by atomic mass is 10.1. The van der Waals surface area contributed by atoms with Crippen molar-refractivity contribution in [2.75, 3.05) is 19.8 Å². The molecule has 0 bridgehead atoms. The van der Waals surface area contributed by atoms with Crippen LogP contribution in [0.25, 0.3) is 0 Å². The lowest BCUT2D eigenvalue weighted by Gasteiger charge is -2.20. The first-order valence-electron chi connectivity index (χ1n) is 22.0. The van der Waals surface area contributed by atoms with Crippen molar-refractivity contribution in [1.29, 1.82) is 0 Å². The highest BCUT2D eigenvalue weighted by molar-refractivity contribution is 7.47. The molecule has 0 fully saturated rings. The summed E-state index contributed by atoms with van der Waals surface area (Å²) in [6.45, 7) is 2.61. The fourth-order valence-electron chi connectivity index (χ4n) is 5.52. The molecular formula is C46H78NO10P. The molecule has 0 rings (SSSR count). The van der Waals surface area contributed by atoms with Crippen molar-refractivity contribution >= 4 is 25.7 Å². The molecule has 0 aliphatic rings. The molecule has 0 saturated heterocycles. The smallest absolute Gasteiger partial charge is 0.472 e. The molecule has 58 heavy (non-hydrogen) atoms. The molecule has 0 radical (unpaired) electrons. The molecule has 0 aliphatic heterocycles. The molecule has 11 nitrogen and oxygen atoms in total.